The van der Waals surface area contributed by atoms with E-state index in [1.54, 1.807) is 18.2 Å². The van der Waals surface area contributed by atoms with Crippen LogP contribution in [0.1, 0.15) is 16.7 Å². The SMILES string of the molecule is C=Cc1ccc(CS(=O)(=O)OCCc2ccccc2)cc1. The van der Waals surface area contributed by atoms with Gasteiger partial charge in [0.1, 0.15) is 5.75 Å². The van der Waals surface area contributed by atoms with Crippen LogP contribution in [0.25, 0.3) is 6.08 Å². The molecule has 0 aliphatic heterocycles. The highest BCUT2D eigenvalue weighted by Crippen LogP contribution is 2.11. The first-order valence-corrected chi connectivity index (χ1v) is 8.29. The van der Waals surface area contributed by atoms with Crippen molar-refractivity contribution in [1.29, 1.82) is 0 Å². The summed E-state index contributed by atoms with van der Waals surface area (Å²) < 4.78 is 28.9. The highest BCUT2D eigenvalue weighted by molar-refractivity contribution is 7.85. The zero-order valence-electron chi connectivity index (χ0n) is 11.7. The first-order chi connectivity index (χ1) is 10.1. The predicted octanol–water partition coefficient (Wildman–Crippen LogP) is 3.42. The van der Waals surface area contributed by atoms with Crippen LogP contribution in [-0.4, -0.2) is 15.0 Å². The minimum Gasteiger partial charge on any atom is -0.270 e. The molecule has 0 saturated heterocycles. The highest BCUT2D eigenvalue weighted by Gasteiger charge is 2.12. The van der Waals surface area contributed by atoms with Gasteiger partial charge < -0.3 is 0 Å². The van der Waals surface area contributed by atoms with Gasteiger partial charge in [0.25, 0.3) is 10.1 Å². The molecule has 0 aliphatic rings. The average molecular weight is 302 g/mol. The lowest BCUT2D eigenvalue weighted by Gasteiger charge is -2.06. The smallest absolute Gasteiger partial charge is 0.270 e. The van der Waals surface area contributed by atoms with Crippen LogP contribution in [0.4, 0.5) is 0 Å². The molecule has 0 aromatic heterocycles. The van der Waals surface area contributed by atoms with E-state index in [-0.39, 0.29) is 12.4 Å². The summed E-state index contributed by atoms with van der Waals surface area (Å²) in [5.74, 6) is -0.112. The van der Waals surface area contributed by atoms with Crippen molar-refractivity contribution >= 4 is 16.2 Å². The highest BCUT2D eigenvalue weighted by atomic mass is 32.2. The van der Waals surface area contributed by atoms with Crippen LogP contribution in [0.2, 0.25) is 0 Å². The lowest BCUT2D eigenvalue weighted by atomic mass is 10.1. The minimum absolute atomic E-state index is 0.112. The summed E-state index contributed by atoms with van der Waals surface area (Å²) in [7, 11) is -3.55. The van der Waals surface area contributed by atoms with Gasteiger partial charge in [-0.15, -0.1) is 0 Å². The quantitative estimate of drug-likeness (QED) is 0.736. The zero-order valence-corrected chi connectivity index (χ0v) is 12.6. The molecule has 0 aliphatic carbocycles. The first kappa shape index (κ1) is 15.5. The number of rotatable bonds is 7. The third-order valence-electron chi connectivity index (χ3n) is 3.06. The van der Waals surface area contributed by atoms with Gasteiger partial charge >= 0.3 is 0 Å². The van der Waals surface area contributed by atoms with Gasteiger partial charge in [-0.2, -0.15) is 8.42 Å². The maximum absolute atomic E-state index is 11.9. The summed E-state index contributed by atoms with van der Waals surface area (Å²) in [5.41, 5.74) is 2.73. The van der Waals surface area contributed by atoms with Gasteiger partial charge in [-0.05, 0) is 23.1 Å². The minimum atomic E-state index is -3.55. The van der Waals surface area contributed by atoms with Gasteiger partial charge in [0.15, 0.2) is 0 Å². The molecule has 110 valence electrons. The molecule has 0 heterocycles. The maximum Gasteiger partial charge on any atom is 0.271 e. The van der Waals surface area contributed by atoms with Crippen molar-refractivity contribution in [2.45, 2.75) is 12.2 Å². The molecular weight excluding hydrogens is 284 g/mol. The molecular formula is C17H18O3S. The van der Waals surface area contributed by atoms with Gasteiger partial charge in [0.2, 0.25) is 0 Å². The normalized spacial score (nSPS) is 11.2. The Balaban J connectivity index is 1.88. The molecule has 0 saturated carbocycles. The zero-order chi connectivity index (χ0) is 15.1. The van der Waals surface area contributed by atoms with Gasteiger partial charge in [-0.1, -0.05) is 67.3 Å². The standard InChI is InChI=1S/C17H18O3S/c1-2-15-8-10-17(11-9-15)14-21(18,19)20-13-12-16-6-4-3-5-7-16/h2-11H,1,12-14H2. The van der Waals surface area contributed by atoms with Gasteiger partial charge in [0.05, 0.1) is 6.61 Å². The van der Waals surface area contributed by atoms with Gasteiger partial charge in [0, 0.05) is 0 Å². The Morgan fingerprint density at radius 1 is 0.952 bits per heavy atom. The molecule has 21 heavy (non-hydrogen) atoms. The van der Waals surface area contributed by atoms with Crippen LogP contribution in [0, 0.1) is 0 Å². The molecule has 0 N–H and O–H groups in total. The summed E-state index contributed by atoms with van der Waals surface area (Å²) in [6, 6.07) is 16.9. The Morgan fingerprint density at radius 3 is 2.24 bits per heavy atom. The van der Waals surface area contributed by atoms with Crippen molar-refractivity contribution in [1.82, 2.24) is 0 Å². The third-order valence-corrected chi connectivity index (χ3v) is 4.27. The predicted molar refractivity (Wildman–Crippen MR) is 85.3 cm³/mol. The number of benzene rings is 2. The van der Waals surface area contributed by atoms with E-state index in [1.807, 2.05) is 42.5 Å². The molecule has 0 spiro atoms. The fraction of sp³-hybridized carbons (Fsp3) is 0.176. The fourth-order valence-corrected chi connectivity index (χ4v) is 2.95. The van der Waals surface area contributed by atoms with Crippen LogP contribution >= 0.6 is 0 Å². The molecule has 0 amide bonds. The Kier molecular flexibility index (Phi) is 5.31. The molecule has 2 rings (SSSR count). The van der Waals surface area contributed by atoms with E-state index >= 15 is 0 Å². The Labute approximate surface area is 126 Å². The molecule has 0 fully saturated rings. The Bertz CT molecular complexity index is 674. The van der Waals surface area contributed by atoms with Gasteiger partial charge in [-0.25, -0.2) is 0 Å². The van der Waals surface area contributed by atoms with E-state index in [1.165, 1.54) is 0 Å². The van der Waals surface area contributed by atoms with Crippen LogP contribution < -0.4 is 0 Å². The molecule has 3 nitrogen and oxygen atoms in total. The number of hydrogen-bond acceptors (Lipinski definition) is 3. The Morgan fingerprint density at radius 2 is 1.62 bits per heavy atom. The van der Waals surface area contributed by atoms with Crippen molar-refractivity contribution in [2.24, 2.45) is 0 Å². The van der Waals surface area contributed by atoms with Crippen LogP contribution in [0.5, 0.6) is 0 Å². The summed E-state index contributed by atoms with van der Waals surface area (Å²) in [6.07, 6.45) is 2.30. The first-order valence-electron chi connectivity index (χ1n) is 6.71. The largest absolute Gasteiger partial charge is 0.271 e. The Hall–Kier alpha value is -1.91. The van der Waals surface area contributed by atoms with Crippen LogP contribution in [0.15, 0.2) is 61.2 Å². The van der Waals surface area contributed by atoms with E-state index in [9.17, 15) is 8.42 Å². The van der Waals surface area contributed by atoms with Crippen LogP contribution in [-0.2, 0) is 26.5 Å². The second-order valence-corrected chi connectivity index (χ2v) is 6.35. The van der Waals surface area contributed by atoms with Crippen molar-refractivity contribution in [2.75, 3.05) is 6.61 Å². The van der Waals surface area contributed by atoms with E-state index in [2.05, 4.69) is 6.58 Å². The van der Waals surface area contributed by atoms with Crippen molar-refractivity contribution < 1.29 is 12.6 Å². The molecule has 2 aromatic carbocycles. The summed E-state index contributed by atoms with van der Waals surface area (Å²) in [5, 5.41) is 0. The average Bonchev–Trinajstić information content (AvgIpc) is 2.48. The van der Waals surface area contributed by atoms with Crippen molar-refractivity contribution in [3.8, 4) is 0 Å². The molecule has 2 aromatic rings. The van der Waals surface area contributed by atoms with E-state index in [0.29, 0.717) is 12.0 Å². The lowest BCUT2D eigenvalue weighted by Crippen LogP contribution is -2.11. The molecule has 0 radical (unpaired) electrons. The lowest BCUT2D eigenvalue weighted by molar-refractivity contribution is 0.321. The second-order valence-electron chi connectivity index (χ2n) is 4.71. The van der Waals surface area contributed by atoms with Crippen molar-refractivity contribution in [3.05, 3.63) is 77.9 Å². The maximum atomic E-state index is 11.9. The summed E-state index contributed by atoms with van der Waals surface area (Å²) in [6.45, 7) is 3.83. The second kappa shape index (κ2) is 7.20. The van der Waals surface area contributed by atoms with Crippen molar-refractivity contribution in [3.63, 3.8) is 0 Å². The summed E-state index contributed by atoms with van der Waals surface area (Å²) in [4.78, 5) is 0. The molecule has 0 bridgehead atoms. The fourth-order valence-electron chi connectivity index (χ4n) is 1.93. The molecule has 0 atom stereocenters. The van der Waals surface area contributed by atoms with E-state index in [0.717, 1.165) is 11.1 Å². The monoisotopic (exact) mass is 302 g/mol. The van der Waals surface area contributed by atoms with E-state index in [4.69, 9.17) is 4.18 Å². The van der Waals surface area contributed by atoms with E-state index < -0.39 is 10.1 Å². The van der Waals surface area contributed by atoms with Crippen LogP contribution in [0.3, 0.4) is 0 Å². The number of hydrogen-bond donors (Lipinski definition) is 0. The summed E-state index contributed by atoms with van der Waals surface area (Å²) >= 11 is 0. The van der Waals surface area contributed by atoms with Gasteiger partial charge in [-0.3, -0.25) is 4.18 Å². The molecule has 0 unspecified atom stereocenters. The molecule has 4 heteroatoms. The third kappa shape index (κ3) is 5.17. The topological polar surface area (TPSA) is 43.4 Å².